The third-order valence-corrected chi connectivity index (χ3v) is 5.25. The summed E-state index contributed by atoms with van der Waals surface area (Å²) in [4.78, 5) is 26.6. The molecule has 1 aliphatic heterocycles. The molecule has 1 aromatic rings. The summed E-state index contributed by atoms with van der Waals surface area (Å²) in [5.74, 6) is -0.198. The lowest BCUT2D eigenvalue weighted by Gasteiger charge is -2.38. The van der Waals surface area contributed by atoms with E-state index in [0.717, 1.165) is 12.8 Å². The fraction of sp³-hybridized carbons (Fsp3) is 0.556. The summed E-state index contributed by atoms with van der Waals surface area (Å²) in [7, 11) is 1.85. The molecular weight excluding hydrogens is 292 g/mol. The summed E-state index contributed by atoms with van der Waals surface area (Å²) >= 11 is 0. The third kappa shape index (κ3) is 2.79. The van der Waals surface area contributed by atoms with Gasteiger partial charge in [0, 0.05) is 6.04 Å². The van der Waals surface area contributed by atoms with Gasteiger partial charge >= 0.3 is 0 Å². The molecule has 1 heterocycles. The monoisotopic (exact) mass is 316 g/mol. The quantitative estimate of drug-likeness (QED) is 0.813. The van der Waals surface area contributed by atoms with Crippen molar-refractivity contribution in [2.45, 2.75) is 44.2 Å². The lowest BCUT2D eigenvalue weighted by Crippen LogP contribution is -2.56. The van der Waals surface area contributed by atoms with Crippen LogP contribution in [0.3, 0.4) is 0 Å². The molecule has 0 spiro atoms. The summed E-state index contributed by atoms with van der Waals surface area (Å²) < 4.78 is 0. The number of benzene rings is 1. The number of hydrogen-bond acceptors (Lipinski definition) is 4. The summed E-state index contributed by atoms with van der Waals surface area (Å²) in [6.07, 6.45) is 5.73. The average molecular weight is 316 g/mol. The molecule has 2 aliphatic rings. The number of fused-ring (bicyclic) bond motifs is 1. The van der Waals surface area contributed by atoms with Gasteiger partial charge in [0.1, 0.15) is 0 Å². The van der Waals surface area contributed by atoms with E-state index in [1.807, 2.05) is 7.05 Å². The van der Waals surface area contributed by atoms with Crippen molar-refractivity contribution in [1.82, 2.24) is 10.2 Å². The Morgan fingerprint density at radius 3 is 2.17 bits per heavy atom. The first kappa shape index (κ1) is 16.1. The Morgan fingerprint density at radius 2 is 1.70 bits per heavy atom. The number of hydrogen-bond donors (Lipinski definition) is 2. The molecule has 5 nitrogen and oxygen atoms in total. The predicted molar refractivity (Wildman–Crippen MR) is 87.2 cm³/mol. The topological polar surface area (TPSA) is 69.6 Å². The van der Waals surface area contributed by atoms with Crippen molar-refractivity contribution in [2.24, 2.45) is 5.92 Å². The molecule has 3 rings (SSSR count). The molecule has 1 aliphatic carbocycles. The van der Waals surface area contributed by atoms with Gasteiger partial charge in [0.15, 0.2) is 0 Å². The van der Waals surface area contributed by atoms with Crippen LogP contribution in [0.25, 0.3) is 0 Å². The van der Waals surface area contributed by atoms with Gasteiger partial charge in [-0.25, -0.2) is 0 Å². The molecule has 1 saturated carbocycles. The van der Waals surface area contributed by atoms with Gasteiger partial charge in [-0.05, 0) is 37.9 Å². The fourth-order valence-electron chi connectivity index (χ4n) is 4.10. The SMILES string of the molecule is CNC(C1CCCCC1)[C@H](CO)N1C(=O)c2ccccc2C1=O. The number of carbonyl (C=O) groups is 2. The zero-order valence-electron chi connectivity index (χ0n) is 13.5. The molecule has 2 N–H and O–H groups in total. The van der Waals surface area contributed by atoms with Crippen LogP contribution >= 0.6 is 0 Å². The van der Waals surface area contributed by atoms with Crippen molar-refractivity contribution in [3.8, 4) is 0 Å². The minimum Gasteiger partial charge on any atom is -0.394 e. The number of imide groups is 1. The summed E-state index contributed by atoms with van der Waals surface area (Å²) in [6, 6.07) is 6.30. The second kappa shape index (κ2) is 6.81. The Bertz CT molecular complexity index is 561. The highest BCUT2D eigenvalue weighted by atomic mass is 16.3. The summed E-state index contributed by atoms with van der Waals surface area (Å²) in [6.45, 7) is -0.215. The van der Waals surface area contributed by atoms with Gasteiger partial charge < -0.3 is 10.4 Å². The first-order valence-electron chi connectivity index (χ1n) is 8.44. The molecular formula is C18H24N2O3. The van der Waals surface area contributed by atoms with Crippen LogP contribution in [0.2, 0.25) is 0 Å². The second-order valence-corrected chi connectivity index (χ2v) is 6.49. The van der Waals surface area contributed by atoms with E-state index < -0.39 is 6.04 Å². The van der Waals surface area contributed by atoms with Crippen molar-refractivity contribution < 1.29 is 14.7 Å². The lowest BCUT2D eigenvalue weighted by atomic mass is 9.80. The Hall–Kier alpha value is -1.72. The summed E-state index contributed by atoms with van der Waals surface area (Å²) in [5.41, 5.74) is 0.879. The molecule has 23 heavy (non-hydrogen) atoms. The molecule has 1 aromatic carbocycles. The van der Waals surface area contributed by atoms with E-state index in [4.69, 9.17) is 0 Å². The molecule has 124 valence electrons. The van der Waals surface area contributed by atoms with Gasteiger partial charge in [-0.15, -0.1) is 0 Å². The maximum Gasteiger partial charge on any atom is 0.261 e. The number of likely N-dealkylation sites (N-methyl/N-ethyl adjacent to an activating group) is 1. The van der Waals surface area contributed by atoms with Crippen LogP contribution in [0.1, 0.15) is 52.8 Å². The van der Waals surface area contributed by atoms with Gasteiger partial charge in [0.05, 0.1) is 23.8 Å². The van der Waals surface area contributed by atoms with E-state index in [2.05, 4.69) is 5.32 Å². The number of amides is 2. The smallest absolute Gasteiger partial charge is 0.261 e. The molecule has 0 radical (unpaired) electrons. The van der Waals surface area contributed by atoms with E-state index in [0.29, 0.717) is 17.0 Å². The first-order chi connectivity index (χ1) is 11.2. The van der Waals surface area contributed by atoms with Crippen molar-refractivity contribution in [1.29, 1.82) is 0 Å². The van der Waals surface area contributed by atoms with E-state index in [1.165, 1.54) is 24.2 Å². The number of aliphatic hydroxyl groups excluding tert-OH is 1. The zero-order valence-corrected chi connectivity index (χ0v) is 13.5. The van der Waals surface area contributed by atoms with Gasteiger partial charge in [0.25, 0.3) is 11.8 Å². The Labute approximate surface area is 136 Å². The molecule has 2 amide bonds. The third-order valence-electron chi connectivity index (χ3n) is 5.25. The maximum atomic E-state index is 12.7. The van der Waals surface area contributed by atoms with E-state index in [1.54, 1.807) is 24.3 Å². The standard InChI is InChI=1S/C18H24N2O3/c1-19-16(12-7-3-2-4-8-12)15(11-21)20-17(22)13-9-5-6-10-14(13)18(20)23/h5-6,9-10,12,15-16,19,21H,2-4,7-8,11H2,1H3/t15-,16?/m0/s1. The van der Waals surface area contributed by atoms with Crippen molar-refractivity contribution in [3.05, 3.63) is 35.4 Å². The molecule has 0 saturated heterocycles. The number of nitrogens with one attached hydrogen (secondary N) is 1. The molecule has 1 unspecified atom stereocenters. The Kier molecular flexibility index (Phi) is 4.78. The maximum absolute atomic E-state index is 12.7. The highest BCUT2D eigenvalue weighted by Crippen LogP contribution is 2.32. The predicted octanol–water partition coefficient (Wildman–Crippen LogP) is 1.81. The van der Waals surface area contributed by atoms with Gasteiger partial charge in [0.2, 0.25) is 0 Å². The highest BCUT2D eigenvalue weighted by molar-refractivity contribution is 6.21. The van der Waals surface area contributed by atoms with Gasteiger partial charge in [-0.3, -0.25) is 14.5 Å². The van der Waals surface area contributed by atoms with E-state index in [9.17, 15) is 14.7 Å². The van der Waals surface area contributed by atoms with Gasteiger partial charge in [-0.2, -0.15) is 0 Å². The average Bonchev–Trinajstić information content (AvgIpc) is 2.85. The zero-order chi connectivity index (χ0) is 16.4. The minimum atomic E-state index is -0.518. The number of aliphatic hydroxyl groups is 1. The lowest BCUT2D eigenvalue weighted by molar-refractivity contribution is 0.0402. The minimum absolute atomic E-state index is 0.0671. The Balaban J connectivity index is 1.88. The van der Waals surface area contributed by atoms with Crippen LogP contribution in [0, 0.1) is 5.92 Å². The van der Waals surface area contributed by atoms with Crippen LogP contribution < -0.4 is 5.32 Å². The van der Waals surface area contributed by atoms with E-state index in [-0.39, 0.29) is 24.5 Å². The second-order valence-electron chi connectivity index (χ2n) is 6.49. The normalized spacial score (nSPS) is 21.4. The van der Waals surface area contributed by atoms with Crippen molar-refractivity contribution >= 4 is 11.8 Å². The summed E-state index contributed by atoms with van der Waals surface area (Å²) in [5, 5.41) is 13.2. The number of carbonyl (C=O) groups excluding carboxylic acids is 2. The van der Waals surface area contributed by atoms with Crippen molar-refractivity contribution in [2.75, 3.05) is 13.7 Å². The number of rotatable bonds is 5. The first-order valence-corrected chi connectivity index (χ1v) is 8.44. The molecule has 1 fully saturated rings. The van der Waals surface area contributed by atoms with Crippen molar-refractivity contribution in [3.63, 3.8) is 0 Å². The van der Waals surface area contributed by atoms with Crippen LogP contribution in [-0.2, 0) is 0 Å². The van der Waals surface area contributed by atoms with Crippen LogP contribution in [0.15, 0.2) is 24.3 Å². The van der Waals surface area contributed by atoms with Gasteiger partial charge in [-0.1, -0.05) is 31.4 Å². The molecule has 2 atom stereocenters. The van der Waals surface area contributed by atoms with Crippen LogP contribution in [0.5, 0.6) is 0 Å². The largest absolute Gasteiger partial charge is 0.394 e. The highest BCUT2D eigenvalue weighted by Gasteiger charge is 2.43. The van der Waals surface area contributed by atoms with Crippen LogP contribution in [-0.4, -0.2) is 47.6 Å². The number of nitrogens with zero attached hydrogens (tertiary/aromatic N) is 1. The molecule has 5 heteroatoms. The molecule has 0 aromatic heterocycles. The van der Waals surface area contributed by atoms with Crippen LogP contribution in [0.4, 0.5) is 0 Å². The Morgan fingerprint density at radius 1 is 1.13 bits per heavy atom. The molecule has 0 bridgehead atoms. The fourth-order valence-corrected chi connectivity index (χ4v) is 4.10. The van der Waals surface area contributed by atoms with E-state index >= 15 is 0 Å².